The number of aryl methyl sites for hydroxylation is 1. The number of amides is 3. The summed E-state index contributed by atoms with van der Waals surface area (Å²) < 4.78 is 5.27. The van der Waals surface area contributed by atoms with E-state index in [0.717, 1.165) is 33.7 Å². The average Bonchev–Trinajstić information content (AvgIpc) is 3.40. The lowest BCUT2D eigenvalue weighted by molar-refractivity contribution is -0.132. The highest BCUT2D eigenvalue weighted by atomic mass is 35.5. The molecule has 1 spiro atoms. The van der Waals surface area contributed by atoms with Crippen LogP contribution in [0.15, 0.2) is 40.2 Å². The molecule has 28 heavy (non-hydrogen) atoms. The van der Waals surface area contributed by atoms with Crippen molar-refractivity contribution in [2.24, 2.45) is 0 Å². The molecule has 5 rings (SSSR count). The summed E-state index contributed by atoms with van der Waals surface area (Å²) in [5.41, 5.74) is 0.684. The minimum atomic E-state index is -0.969. The van der Waals surface area contributed by atoms with Crippen LogP contribution in [0, 0.1) is 0 Å². The molecule has 1 atom stereocenters. The van der Waals surface area contributed by atoms with Gasteiger partial charge in [-0.15, -0.1) is 11.3 Å². The van der Waals surface area contributed by atoms with E-state index in [0.29, 0.717) is 17.3 Å². The Kier molecular flexibility index (Phi) is 3.99. The number of imide groups is 1. The molecule has 3 heterocycles. The van der Waals surface area contributed by atoms with Gasteiger partial charge in [-0.1, -0.05) is 16.8 Å². The fourth-order valence-electron chi connectivity index (χ4n) is 3.86. The Balaban J connectivity index is 1.41. The maximum atomic E-state index is 13.2. The Labute approximate surface area is 169 Å². The SMILES string of the molecule is O=C1NC2(CCCc3sccc32)C(=O)N1Cc1nc(-c2ccc(Cl)cc2)no1. The predicted molar refractivity (Wildman–Crippen MR) is 103 cm³/mol. The number of benzene rings is 1. The van der Waals surface area contributed by atoms with Crippen LogP contribution in [-0.2, 0) is 23.3 Å². The number of carbonyl (C=O) groups excluding carboxylic acids is 2. The van der Waals surface area contributed by atoms with Gasteiger partial charge >= 0.3 is 6.03 Å². The highest BCUT2D eigenvalue weighted by molar-refractivity contribution is 7.10. The number of aromatic nitrogens is 2. The van der Waals surface area contributed by atoms with E-state index in [2.05, 4.69) is 15.5 Å². The van der Waals surface area contributed by atoms with Crippen molar-refractivity contribution >= 4 is 34.9 Å². The van der Waals surface area contributed by atoms with Crippen molar-refractivity contribution in [1.82, 2.24) is 20.4 Å². The Hall–Kier alpha value is -2.71. The molecular weight excluding hydrogens is 400 g/mol. The summed E-state index contributed by atoms with van der Waals surface area (Å²) in [6.07, 6.45) is 2.39. The van der Waals surface area contributed by atoms with Crippen LogP contribution < -0.4 is 5.32 Å². The number of urea groups is 1. The quantitative estimate of drug-likeness (QED) is 0.659. The first-order valence-corrected chi connectivity index (χ1v) is 10.1. The van der Waals surface area contributed by atoms with Crippen molar-refractivity contribution < 1.29 is 14.1 Å². The van der Waals surface area contributed by atoms with Crippen molar-refractivity contribution in [3.05, 3.63) is 57.1 Å². The van der Waals surface area contributed by atoms with Crippen molar-refractivity contribution in [1.29, 1.82) is 0 Å². The van der Waals surface area contributed by atoms with Crippen LogP contribution in [0.1, 0.15) is 29.2 Å². The van der Waals surface area contributed by atoms with E-state index in [-0.39, 0.29) is 18.3 Å². The first kappa shape index (κ1) is 17.4. The fourth-order valence-corrected chi connectivity index (χ4v) is 4.98. The molecule has 1 N–H and O–H groups in total. The Bertz CT molecular complexity index is 1080. The van der Waals surface area contributed by atoms with Crippen molar-refractivity contribution in [2.45, 2.75) is 31.3 Å². The maximum absolute atomic E-state index is 13.2. The van der Waals surface area contributed by atoms with Gasteiger partial charge in [0.05, 0.1) is 0 Å². The zero-order chi connectivity index (χ0) is 19.3. The fraction of sp³-hybridized carbons (Fsp3) is 0.263. The van der Waals surface area contributed by atoms with Gasteiger partial charge in [0.1, 0.15) is 12.1 Å². The largest absolute Gasteiger partial charge is 0.337 e. The summed E-state index contributed by atoms with van der Waals surface area (Å²) in [4.78, 5) is 32.4. The zero-order valence-electron chi connectivity index (χ0n) is 14.6. The van der Waals surface area contributed by atoms with Gasteiger partial charge in [-0.05, 0) is 55.0 Å². The molecule has 9 heteroatoms. The molecule has 7 nitrogen and oxygen atoms in total. The van der Waals surface area contributed by atoms with E-state index < -0.39 is 11.6 Å². The minimum Gasteiger partial charge on any atom is -0.337 e. The number of thiophene rings is 1. The molecule has 3 amide bonds. The van der Waals surface area contributed by atoms with E-state index >= 15 is 0 Å². The molecular formula is C19H15ClN4O3S. The lowest BCUT2D eigenvalue weighted by atomic mass is 9.80. The number of nitrogens with zero attached hydrogens (tertiary/aromatic N) is 3. The third-order valence-corrected chi connectivity index (χ3v) is 6.43. The lowest BCUT2D eigenvalue weighted by Gasteiger charge is -2.31. The molecule has 0 bridgehead atoms. The minimum absolute atomic E-state index is 0.0630. The van der Waals surface area contributed by atoms with Gasteiger partial charge in [-0.2, -0.15) is 4.98 Å². The summed E-state index contributed by atoms with van der Waals surface area (Å²) in [6.45, 7) is -0.0630. The third-order valence-electron chi connectivity index (χ3n) is 5.20. The van der Waals surface area contributed by atoms with Gasteiger partial charge in [-0.3, -0.25) is 9.69 Å². The summed E-state index contributed by atoms with van der Waals surface area (Å²) in [5.74, 6) is 0.321. The molecule has 3 aromatic rings. The monoisotopic (exact) mass is 414 g/mol. The van der Waals surface area contributed by atoms with Crippen LogP contribution in [0.4, 0.5) is 4.79 Å². The number of halogens is 1. The second-order valence-corrected chi connectivity index (χ2v) is 8.29. The van der Waals surface area contributed by atoms with E-state index in [9.17, 15) is 9.59 Å². The zero-order valence-corrected chi connectivity index (χ0v) is 16.2. The predicted octanol–water partition coefficient (Wildman–Crippen LogP) is 3.74. The summed E-state index contributed by atoms with van der Waals surface area (Å²) in [6, 6.07) is 8.52. The maximum Gasteiger partial charge on any atom is 0.325 e. The molecule has 1 aliphatic carbocycles. The van der Waals surface area contributed by atoms with Gasteiger partial charge in [0.25, 0.3) is 5.91 Å². The van der Waals surface area contributed by atoms with Crippen LogP contribution in [0.5, 0.6) is 0 Å². The smallest absolute Gasteiger partial charge is 0.325 e. The van der Waals surface area contributed by atoms with Gasteiger partial charge < -0.3 is 9.84 Å². The van der Waals surface area contributed by atoms with Crippen molar-refractivity contribution in [3.63, 3.8) is 0 Å². The van der Waals surface area contributed by atoms with Crippen LogP contribution in [0.3, 0.4) is 0 Å². The van der Waals surface area contributed by atoms with Crippen LogP contribution >= 0.6 is 22.9 Å². The highest BCUT2D eigenvalue weighted by Gasteiger charge is 2.54. The summed E-state index contributed by atoms with van der Waals surface area (Å²) in [5, 5.41) is 9.44. The van der Waals surface area contributed by atoms with E-state index in [1.165, 1.54) is 0 Å². The second kappa shape index (κ2) is 6.42. The molecule has 2 aromatic heterocycles. The number of fused-ring (bicyclic) bond motifs is 2. The molecule has 2 aliphatic rings. The molecule has 0 radical (unpaired) electrons. The van der Waals surface area contributed by atoms with E-state index in [1.807, 2.05) is 11.4 Å². The van der Waals surface area contributed by atoms with Gasteiger partial charge in [-0.25, -0.2) is 4.79 Å². The van der Waals surface area contributed by atoms with Crippen molar-refractivity contribution in [3.8, 4) is 11.4 Å². The van der Waals surface area contributed by atoms with Crippen LogP contribution in [-0.4, -0.2) is 27.0 Å². The Morgan fingerprint density at radius 3 is 2.89 bits per heavy atom. The first-order valence-electron chi connectivity index (χ1n) is 8.86. The van der Waals surface area contributed by atoms with Gasteiger partial charge in [0.15, 0.2) is 0 Å². The molecule has 1 aromatic carbocycles. The van der Waals surface area contributed by atoms with Gasteiger partial charge in [0.2, 0.25) is 11.7 Å². The van der Waals surface area contributed by atoms with E-state index in [4.69, 9.17) is 16.1 Å². The number of hydrogen-bond donors (Lipinski definition) is 1. The average molecular weight is 415 g/mol. The second-order valence-electron chi connectivity index (χ2n) is 6.86. The normalized spacial score (nSPS) is 21.2. The molecule has 142 valence electrons. The lowest BCUT2D eigenvalue weighted by Crippen LogP contribution is -2.46. The molecule has 0 saturated carbocycles. The third kappa shape index (κ3) is 2.63. The summed E-state index contributed by atoms with van der Waals surface area (Å²) >= 11 is 7.52. The summed E-state index contributed by atoms with van der Waals surface area (Å²) in [7, 11) is 0. The molecule has 1 saturated heterocycles. The number of nitrogens with one attached hydrogen (secondary N) is 1. The molecule has 1 aliphatic heterocycles. The number of carbonyl (C=O) groups is 2. The molecule has 1 unspecified atom stereocenters. The van der Waals surface area contributed by atoms with Crippen molar-refractivity contribution in [2.75, 3.05) is 0 Å². The first-order chi connectivity index (χ1) is 13.6. The number of hydrogen-bond acceptors (Lipinski definition) is 6. The number of rotatable bonds is 3. The van der Waals surface area contributed by atoms with Crippen LogP contribution in [0.2, 0.25) is 5.02 Å². The van der Waals surface area contributed by atoms with Gasteiger partial charge in [0, 0.05) is 21.0 Å². The van der Waals surface area contributed by atoms with E-state index in [1.54, 1.807) is 35.6 Å². The Morgan fingerprint density at radius 1 is 1.25 bits per heavy atom. The van der Waals surface area contributed by atoms with Crippen LogP contribution in [0.25, 0.3) is 11.4 Å². The highest BCUT2D eigenvalue weighted by Crippen LogP contribution is 2.42. The Morgan fingerprint density at radius 2 is 2.07 bits per heavy atom. The standard InChI is InChI=1S/C19H15ClN4O3S/c20-12-5-3-11(4-6-12)16-21-15(27-23-16)10-24-17(25)19(22-18(24)26)8-1-2-14-13(19)7-9-28-14/h3-7,9H,1-2,8,10H2,(H,22,26). The molecule has 1 fully saturated rings. The topological polar surface area (TPSA) is 88.3 Å².